The fourth-order valence-electron chi connectivity index (χ4n) is 6.19. The van der Waals surface area contributed by atoms with Crippen LogP contribution in [0.1, 0.15) is 44.6 Å². The molecule has 5 aliphatic heterocycles. The first-order valence-corrected chi connectivity index (χ1v) is 11.4. The highest BCUT2D eigenvalue weighted by Crippen LogP contribution is 2.57. The third kappa shape index (κ3) is 2.17. The molecule has 0 radical (unpaired) electrons. The standard InChI is InChI=1S/C25H23N5O4/c1-23(2)22(33)30-16-11-7-5-9-14(16)25(21(30)28-23)12-17-18(31)27-24(3,34-25)20-26-15-10-6-4-8-13(15)19(32)29(17)20/h4-11,17,21,28H,12H2,1-3H3,(H,27,31)/t17-,21+,24+,25-/m0/s1. The number of hydrogen-bond donors (Lipinski definition) is 2. The number of carbonyl (C=O) groups is 2. The second-order valence-corrected chi connectivity index (χ2v) is 10.2. The molecule has 2 saturated heterocycles. The van der Waals surface area contributed by atoms with Gasteiger partial charge in [0, 0.05) is 12.0 Å². The lowest BCUT2D eigenvalue weighted by atomic mass is 9.85. The molecule has 2 aromatic carbocycles. The van der Waals surface area contributed by atoms with E-state index in [1.807, 2.05) is 44.2 Å². The van der Waals surface area contributed by atoms with Crippen LogP contribution in [0.3, 0.4) is 0 Å². The molecule has 172 valence electrons. The van der Waals surface area contributed by atoms with E-state index >= 15 is 0 Å². The highest BCUT2D eigenvalue weighted by atomic mass is 16.5. The van der Waals surface area contributed by atoms with Crippen LogP contribution in [0.15, 0.2) is 53.3 Å². The van der Waals surface area contributed by atoms with E-state index in [1.54, 1.807) is 30.0 Å². The summed E-state index contributed by atoms with van der Waals surface area (Å²) in [6, 6.07) is 13.9. The SMILES string of the molecule is CC1(C)N[C@@H]2N(C1=O)c1ccccc1[C@@]21C[C@H]2C(=O)N[C@](C)(O1)c1nc3ccccc3c(=O)n12. The predicted molar refractivity (Wildman–Crippen MR) is 123 cm³/mol. The van der Waals surface area contributed by atoms with E-state index < -0.39 is 29.1 Å². The topological polar surface area (TPSA) is 106 Å². The monoisotopic (exact) mass is 457 g/mol. The molecule has 0 aliphatic carbocycles. The molecule has 2 bridgehead atoms. The Labute approximate surface area is 194 Å². The molecule has 2 N–H and O–H groups in total. The number of amides is 2. The zero-order valence-corrected chi connectivity index (χ0v) is 19.0. The average Bonchev–Trinajstić information content (AvgIpc) is 3.08. The summed E-state index contributed by atoms with van der Waals surface area (Å²) in [4.78, 5) is 47.0. The number of hydrogen-bond acceptors (Lipinski definition) is 6. The van der Waals surface area contributed by atoms with Crippen LogP contribution in [0, 0.1) is 0 Å². The van der Waals surface area contributed by atoms with E-state index in [9.17, 15) is 14.4 Å². The predicted octanol–water partition coefficient (Wildman–Crippen LogP) is 1.61. The van der Waals surface area contributed by atoms with Gasteiger partial charge < -0.3 is 10.1 Å². The molecule has 9 nitrogen and oxygen atoms in total. The average molecular weight is 457 g/mol. The van der Waals surface area contributed by atoms with Crippen molar-refractivity contribution in [1.82, 2.24) is 20.2 Å². The molecule has 34 heavy (non-hydrogen) atoms. The van der Waals surface area contributed by atoms with Crippen LogP contribution in [0.4, 0.5) is 5.69 Å². The summed E-state index contributed by atoms with van der Waals surface area (Å²) >= 11 is 0. The van der Waals surface area contributed by atoms with Crippen LogP contribution in [-0.4, -0.2) is 33.1 Å². The molecule has 0 unspecified atom stereocenters. The molecule has 3 aromatic rings. The molecule has 2 amide bonds. The van der Waals surface area contributed by atoms with Gasteiger partial charge in [0.2, 0.25) is 11.8 Å². The zero-order valence-electron chi connectivity index (χ0n) is 19.0. The Hall–Kier alpha value is -3.56. The van der Waals surface area contributed by atoms with Crippen molar-refractivity contribution in [3.8, 4) is 0 Å². The highest BCUT2D eigenvalue weighted by Gasteiger charge is 2.67. The normalized spacial score (nSPS) is 32.5. The van der Waals surface area contributed by atoms with Gasteiger partial charge in [-0.2, -0.15) is 0 Å². The molecular weight excluding hydrogens is 434 g/mol. The van der Waals surface area contributed by atoms with E-state index in [-0.39, 0.29) is 23.8 Å². The fraction of sp³-hybridized carbons (Fsp3) is 0.360. The van der Waals surface area contributed by atoms with Crippen LogP contribution in [0.2, 0.25) is 0 Å². The van der Waals surface area contributed by atoms with Crippen molar-refractivity contribution < 1.29 is 14.3 Å². The smallest absolute Gasteiger partial charge is 0.262 e. The van der Waals surface area contributed by atoms with Crippen LogP contribution in [-0.2, 0) is 25.7 Å². The summed E-state index contributed by atoms with van der Waals surface area (Å²) in [7, 11) is 0. The Balaban J connectivity index is 1.52. The first-order chi connectivity index (χ1) is 16.2. The van der Waals surface area contributed by atoms with Gasteiger partial charge in [-0.25, -0.2) is 4.98 Å². The third-order valence-corrected chi connectivity index (χ3v) is 7.66. The van der Waals surface area contributed by atoms with Gasteiger partial charge in [0.25, 0.3) is 5.56 Å². The van der Waals surface area contributed by atoms with E-state index in [0.717, 1.165) is 11.3 Å². The van der Waals surface area contributed by atoms with Gasteiger partial charge in [-0.15, -0.1) is 0 Å². The Morgan fingerprint density at radius 1 is 1.03 bits per heavy atom. The molecule has 1 spiro atoms. The molecule has 6 heterocycles. The fourth-order valence-corrected chi connectivity index (χ4v) is 6.19. The van der Waals surface area contributed by atoms with Gasteiger partial charge in [-0.05, 0) is 39.0 Å². The maximum atomic E-state index is 13.6. The first-order valence-electron chi connectivity index (χ1n) is 11.4. The number of nitrogens with zero attached hydrogens (tertiary/aromatic N) is 3. The maximum absolute atomic E-state index is 13.6. The van der Waals surface area contributed by atoms with Crippen molar-refractivity contribution in [2.45, 2.75) is 56.3 Å². The number of carbonyl (C=O) groups excluding carboxylic acids is 2. The lowest BCUT2D eigenvalue weighted by Gasteiger charge is -2.40. The number of anilines is 1. The number of nitrogens with one attached hydrogen (secondary N) is 2. The van der Waals surface area contributed by atoms with Crippen molar-refractivity contribution in [1.29, 1.82) is 0 Å². The van der Waals surface area contributed by atoms with Crippen LogP contribution < -0.4 is 21.1 Å². The van der Waals surface area contributed by atoms with Gasteiger partial charge in [0.05, 0.1) is 22.1 Å². The minimum Gasteiger partial charge on any atom is -0.334 e. The largest absolute Gasteiger partial charge is 0.334 e. The third-order valence-electron chi connectivity index (χ3n) is 7.66. The highest BCUT2D eigenvalue weighted by molar-refractivity contribution is 6.05. The van der Waals surface area contributed by atoms with Gasteiger partial charge in [0.15, 0.2) is 11.5 Å². The summed E-state index contributed by atoms with van der Waals surface area (Å²) in [6.07, 6.45) is -0.364. The molecule has 2 fully saturated rings. The van der Waals surface area contributed by atoms with Gasteiger partial charge in [-0.3, -0.25) is 29.2 Å². The minimum atomic E-state index is -1.38. The van der Waals surface area contributed by atoms with Crippen LogP contribution in [0.5, 0.6) is 0 Å². The lowest BCUT2D eigenvalue weighted by molar-refractivity contribution is -0.181. The Morgan fingerprint density at radius 3 is 2.59 bits per heavy atom. The molecule has 5 aliphatic rings. The van der Waals surface area contributed by atoms with Gasteiger partial charge >= 0.3 is 0 Å². The summed E-state index contributed by atoms with van der Waals surface area (Å²) in [5.41, 5.74) is -1.43. The van der Waals surface area contributed by atoms with E-state index in [4.69, 9.17) is 9.72 Å². The molecule has 8 rings (SSSR count). The first kappa shape index (κ1) is 19.9. The number of fused-ring (bicyclic) bond motifs is 5. The van der Waals surface area contributed by atoms with Crippen molar-refractivity contribution in [3.05, 3.63) is 70.3 Å². The van der Waals surface area contributed by atoms with Crippen LogP contribution >= 0.6 is 0 Å². The Morgan fingerprint density at radius 2 is 1.76 bits per heavy atom. The van der Waals surface area contributed by atoms with Crippen molar-refractivity contribution in [2.24, 2.45) is 0 Å². The second-order valence-electron chi connectivity index (χ2n) is 10.2. The Kier molecular flexibility index (Phi) is 3.46. The summed E-state index contributed by atoms with van der Waals surface area (Å²) in [5, 5.41) is 6.89. The lowest BCUT2D eigenvalue weighted by Crippen LogP contribution is -2.57. The Bertz CT molecular complexity index is 1510. The number of para-hydroxylation sites is 2. The maximum Gasteiger partial charge on any atom is 0.262 e. The number of benzene rings is 2. The number of ether oxygens (including phenoxy) is 1. The number of aromatic nitrogens is 2. The molecule has 1 aromatic heterocycles. The molecule has 9 heteroatoms. The molecular formula is C25H23N5O4. The number of rotatable bonds is 0. The van der Waals surface area contributed by atoms with E-state index in [2.05, 4.69) is 10.6 Å². The minimum absolute atomic E-state index is 0.0648. The van der Waals surface area contributed by atoms with Gasteiger partial charge in [-0.1, -0.05) is 30.3 Å². The molecule has 4 atom stereocenters. The molecule has 0 saturated carbocycles. The summed E-state index contributed by atoms with van der Waals surface area (Å²) in [5.74, 6) is -0.00670. The summed E-state index contributed by atoms with van der Waals surface area (Å²) < 4.78 is 8.40. The zero-order chi connectivity index (χ0) is 23.6. The second kappa shape index (κ2) is 5.92. The van der Waals surface area contributed by atoms with Crippen molar-refractivity contribution >= 4 is 28.4 Å². The van der Waals surface area contributed by atoms with Crippen molar-refractivity contribution in [3.63, 3.8) is 0 Å². The summed E-state index contributed by atoms with van der Waals surface area (Å²) in [6.45, 7) is 5.41. The van der Waals surface area contributed by atoms with E-state index in [1.165, 1.54) is 4.57 Å². The van der Waals surface area contributed by atoms with Crippen molar-refractivity contribution in [2.75, 3.05) is 4.90 Å². The van der Waals surface area contributed by atoms with Crippen LogP contribution in [0.25, 0.3) is 10.9 Å². The quantitative estimate of drug-likeness (QED) is 0.532. The van der Waals surface area contributed by atoms with Gasteiger partial charge in [0.1, 0.15) is 17.8 Å². The van der Waals surface area contributed by atoms with E-state index in [0.29, 0.717) is 16.7 Å².